The van der Waals surface area contributed by atoms with Crippen molar-refractivity contribution in [1.29, 1.82) is 0 Å². The lowest BCUT2D eigenvalue weighted by atomic mass is 10.1. The molecule has 1 heterocycles. The fourth-order valence-corrected chi connectivity index (χ4v) is 4.16. The maximum Gasteiger partial charge on any atom is 0.0888 e. The largest absolute Gasteiger partial charge is 0.306 e. The molecule has 0 amide bonds. The van der Waals surface area contributed by atoms with Gasteiger partial charge in [0.15, 0.2) is 0 Å². The fraction of sp³-hybridized carbons (Fsp3) is 0.231. The molecular weight excluding hydrogens is 480 g/mol. The molecule has 2 rings (SSSR count). The first kappa shape index (κ1) is 16.0. The summed E-state index contributed by atoms with van der Waals surface area (Å²) in [7, 11) is 0. The summed E-state index contributed by atoms with van der Waals surface area (Å²) in [5.74, 6) is 0. The number of nitrogens with one attached hydrogen (secondary N) is 1. The highest BCUT2D eigenvalue weighted by Crippen LogP contribution is 2.38. The van der Waals surface area contributed by atoms with Gasteiger partial charge in [-0.2, -0.15) is 0 Å². The van der Waals surface area contributed by atoms with Crippen molar-refractivity contribution in [3.05, 3.63) is 52.1 Å². The summed E-state index contributed by atoms with van der Waals surface area (Å²) in [6, 6.07) is 8.26. The number of hydrogen-bond acceptors (Lipinski definition) is 2. The van der Waals surface area contributed by atoms with Gasteiger partial charge in [0, 0.05) is 8.45 Å². The van der Waals surface area contributed by atoms with Crippen molar-refractivity contribution in [2.24, 2.45) is 0 Å². The van der Waals surface area contributed by atoms with Crippen LogP contribution in [0.1, 0.15) is 23.4 Å². The molecule has 102 valence electrons. The Balaban J connectivity index is 2.41. The van der Waals surface area contributed by atoms with Crippen molar-refractivity contribution in [3.8, 4) is 0 Å². The van der Waals surface area contributed by atoms with Crippen molar-refractivity contribution in [3.63, 3.8) is 0 Å². The predicted molar refractivity (Wildman–Crippen MR) is 96.7 cm³/mol. The maximum absolute atomic E-state index is 6.21. The third kappa shape index (κ3) is 3.86. The molecule has 1 nitrogen and oxygen atoms in total. The minimum atomic E-state index is 0.119. The third-order valence-electron chi connectivity index (χ3n) is 2.63. The zero-order valence-corrected chi connectivity index (χ0v) is 16.1. The van der Waals surface area contributed by atoms with Gasteiger partial charge in [-0.05, 0) is 68.8 Å². The van der Waals surface area contributed by atoms with Gasteiger partial charge >= 0.3 is 0 Å². The predicted octanol–water partition coefficient (Wildman–Crippen LogP) is 6.12. The van der Waals surface area contributed by atoms with Crippen LogP contribution < -0.4 is 5.32 Å². The summed E-state index contributed by atoms with van der Waals surface area (Å²) in [5.41, 5.74) is 1.15. The van der Waals surface area contributed by atoms with Gasteiger partial charge in [0.05, 0.1) is 19.9 Å². The van der Waals surface area contributed by atoms with Crippen LogP contribution in [0.3, 0.4) is 0 Å². The van der Waals surface area contributed by atoms with Crippen LogP contribution in [0, 0.1) is 3.57 Å². The number of hydrogen-bond donors (Lipinski definition) is 1. The van der Waals surface area contributed by atoms with E-state index >= 15 is 0 Å². The molecule has 0 aliphatic carbocycles. The number of rotatable bonds is 4. The van der Waals surface area contributed by atoms with E-state index in [1.807, 2.05) is 18.2 Å². The summed E-state index contributed by atoms with van der Waals surface area (Å²) in [5, 5.41) is 5.00. The molecular formula is C13H11BrCl2INS. The van der Waals surface area contributed by atoms with E-state index < -0.39 is 0 Å². The van der Waals surface area contributed by atoms with Crippen LogP contribution in [0.5, 0.6) is 0 Å². The molecule has 0 spiro atoms. The van der Waals surface area contributed by atoms with E-state index in [1.54, 1.807) is 11.3 Å². The highest BCUT2D eigenvalue weighted by molar-refractivity contribution is 14.1. The molecule has 1 aromatic heterocycles. The summed E-state index contributed by atoms with van der Waals surface area (Å²) in [4.78, 5) is 1.18. The minimum Gasteiger partial charge on any atom is -0.306 e. The van der Waals surface area contributed by atoms with Crippen LogP contribution in [-0.2, 0) is 0 Å². The average molecular weight is 491 g/mol. The molecule has 6 heteroatoms. The van der Waals surface area contributed by atoms with Crippen molar-refractivity contribution in [2.45, 2.75) is 13.0 Å². The lowest BCUT2D eigenvalue weighted by Crippen LogP contribution is -2.21. The lowest BCUT2D eigenvalue weighted by Gasteiger charge is -2.17. The topological polar surface area (TPSA) is 12.0 Å². The first-order chi connectivity index (χ1) is 9.02. The van der Waals surface area contributed by atoms with Crippen LogP contribution in [0.15, 0.2) is 28.1 Å². The summed E-state index contributed by atoms with van der Waals surface area (Å²) in [6.45, 7) is 2.97. The molecule has 0 aliphatic heterocycles. The second-order valence-electron chi connectivity index (χ2n) is 3.93. The molecule has 2 aromatic rings. The van der Waals surface area contributed by atoms with Crippen molar-refractivity contribution < 1.29 is 0 Å². The summed E-state index contributed by atoms with van der Waals surface area (Å²) < 4.78 is 2.02. The third-order valence-corrected chi connectivity index (χ3v) is 6.75. The van der Waals surface area contributed by atoms with Crippen molar-refractivity contribution in [2.75, 3.05) is 6.54 Å². The fourth-order valence-electron chi connectivity index (χ4n) is 1.78. The van der Waals surface area contributed by atoms with Crippen LogP contribution in [0.2, 0.25) is 10.0 Å². The van der Waals surface area contributed by atoms with Crippen molar-refractivity contribution >= 4 is 73.1 Å². The Bertz CT molecular complexity index is 569. The second kappa shape index (κ2) is 7.09. The minimum absolute atomic E-state index is 0.119. The van der Waals surface area contributed by atoms with Crippen LogP contribution in [-0.4, -0.2) is 6.54 Å². The average Bonchev–Trinajstić information content (AvgIpc) is 2.70. The van der Waals surface area contributed by atoms with Crippen molar-refractivity contribution in [1.82, 2.24) is 5.32 Å². The van der Waals surface area contributed by atoms with Gasteiger partial charge in [0.2, 0.25) is 0 Å². The molecule has 0 radical (unpaired) electrons. The maximum atomic E-state index is 6.21. The first-order valence-corrected chi connectivity index (χ1v) is 9.10. The standard InChI is InChI=1S/C13H11BrCl2INS/c1-2-18-12(11-6-9(16)13(14)19-11)7-3-4-10(17)8(15)5-7/h3-6,12,18H,2H2,1H3. The molecule has 1 atom stereocenters. The monoisotopic (exact) mass is 489 g/mol. The van der Waals surface area contributed by atoms with E-state index in [-0.39, 0.29) is 6.04 Å². The van der Waals surface area contributed by atoms with Gasteiger partial charge in [0.25, 0.3) is 0 Å². The van der Waals surface area contributed by atoms with Gasteiger partial charge in [-0.1, -0.05) is 36.2 Å². The highest BCUT2D eigenvalue weighted by Gasteiger charge is 2.18. The molecule has 1 aromatic carbocycles. The highest BCUT2D eigenvalue weighted by atomic mass is 127. The van der Waals surface area contributed by atoms with E-state index in [9.17, 15) is 0 Å². The van der Waals surface area contributed by atoms with E-state index in [0.29, 0.717) is 0 Å². The number of benzene rings is 1. The molecule has 0 fully saturated rings. The lowest BCUT2D eigenvalue weighted by molar-refractivity contribution is 0.639. The van der Waals surface area contributed by atoms with Crippen LogP contribution in [0.25, 0.3) is 0 Å². The smallest absolute Gasteiger partial charge is 0.0888 e. The van der Waals surface area contributed by atoms with Gasteiger partial charge in [-0.25, -0.2) is 0 Å². The normalized spacial score (nSPS) is 12.7. The molecule has 1 unspecified atom stereocenters. The zero-order chi connectivity index (χ0) is 14.0. The quantitative estimate of drug-likeness (QED) is 0.509. The summed E-state index contributed by atoms with van der Waals surface area (Å²) in [6.07, 6.45) is 0. The van der Waals surface area contributed by atoms with Gasteiger partial charge in [-0.15, -0.1) is 11.3 Å². The first-order valence-electron chi connectivity index (χ1n) is 5.66. The Kier molecular flexibility index (Phi) is 5.99. The van der Waals surface area contributed by atoms with Gasteiger partial charge < -0.3 is 5.32 Å². The van der Waals surface area contributed by atoms with E-state index in [2.05, 4.69) is 56.8 Å². The Labute approximate surface area is 149 Å². The summed E-state index contributed by atoms with van der Waals surface area (Å²) >= 11 is 19.7. The number of halogens is 4. The molecule has 0 saturated carbocycles. The molecule has 0 aliphatic rings. The molecule has 19 heavy (non-hydrogen) atoms. The molecule has 0 bridgehead atoms. The van der Waals surface area contributed by atoms with E-state index in [4.69, 9.17) is 23.2 Å². The molecule has 0 saturated heterocycles. The van der Waals surface area contributed by atoms with E-state index in [1.165, 1.54) is 4.88 Å². The van der Waals surface area contributed by atoms with Gasteiger partial charge in [-0.3, -0.25) is 0 Å². The van der Waals surface area contributed by atoms with Gasteiger partial charge in [0.1, 0.15) is 0 Å². The Morgan fingerprint density at radius 2 is 2.05 bits per heavy atom. The zero-order valence-electron chi connectivity index (χ0n) is 10.0. The molecule has 1 N–H and O–H groups in total. The number of thiophene rings is 1. The SMILES string of the molecule is CCNC(c1ccc(I)c(Cl)c1)c1cc(Cl)c(Br)s1. The van der Waals surface area contributed by atoms with Crippen LogP contribution in [0.4, 0.5) is 0 Å². The Morgan fingerprint density at radius 1 is 1.32 bits per heavy atom. The van der Waals surface area contributed by atoms with E-state index in [0.717, 1.165) is 29.5 Å². The van der Waals surface area contributed by atoms with Crippen LogP contribution >= 0.6 is 73.1 Å². The Hall–Kier alpha value is 0.670. The second-order valence-corrected chi connectivity index (χ2v) is 8.31. The Morgan fingerprint density at radius 3 is 2.58 bits per heavy atom.